The van der Waals surface area contributed by atoms with E-state index in [1.54, 1.807) is 18.2 Å². The minimum absolute atomic E-state index is 0.0393. The van der Waals surface area contributed by atoms with Gasteiger partial charge in [-0.2, -0.15) is 0 Å². The van der Waals surface area contributed by atoms with Crippen molar-refractivity contribution < 1.29 is 19.1 Å². The number of anilines is 1. The zero-order chi connectivity index (χ0) is 15.8. The van der Waals surface area contributed by atoms with E-state index in [-0.39, 0.29) is 18.4 Å². The Kier molecular flexibility index (Phi) is 6.98. The average molecular weight is 315 g/mol. The third-order valence-electron chi connectivity index (χ3n) is 2.78. The van der Waals surface area contributed by atoms with Gasteiger partial charge in [0, 0.05) is 26.3 Å². The van der Waals surface area contributed by atoms with Crippen molar-refractivity contribution in [1.82, 2.24) is 4.90 Å². The van der Waals surface area contributed by atoms with Crippen LogP contribution < -0.4 is 10.1 Å². The highest BCUT2D eigenvalue weighted by molar-refractivity contribution is 6.32. The van der Waals surface area contributed by atoms with Crippen LogP contribution in [-0.2, 0) is 14.3 Å². The quantitative estimate of drug-likeness (QED) is 0.833. The lowest BCUT2D eigenvalue weighted by Gasteiger charge is -2.20. The van der Waals surface area contributed by atoms with Gasteiger partial charge in [0.25, 0.3) is 0 Å². The second kappa shape index (κ2) is 8.49. The fraction of sp³-hybridized carbons (Fsp3) is 0.429. The number of benzene rings is 1. The number of carbonyl (C=O) groups excluding carboxylic acids is 2. The summed E-state index contributed by atoms with van der Waals surface area (Å²) in [5, 5.41) is 3.08. The summed E-state index contributed by atoms with van der Waals surface area (Å²) < 4.78 is 9.94. The molecule has 0 aliphatic rings. The van der Waals surface area contributed by atoms with Crippen LogP contribution in [-0.4, -0.2) is 50.6 Å². The number of methoxy groups -OCH3 is 2. The minimum atomic E-state index is -0.303. The maximum Gasteiger partial charge on any atom is 0.243 e. The molecule has 1 aromatic carbocycles. The standard InChI is InChI=1S/C14H19ClN2O4/c1-10(18)17(6-7-20-2)9-14(19)16-11-4-5-13(21-3)12(15)8-11/h4-5,8H,6-7,9H2,1-3H3,(H,16,19). The molecule has 0 aromatic heterocycles. The van der Waals surface area contributed by atoms with Gasteiger partial charge in [0.1, 0.15) is 5.75 Å². The smallest absolute Gasteiger partial charge is 0.243 e. The van der Waals surface area contributed by atoms with Gasteiger partial charge < -0.3 is 19.7 Å². The van der Waals surface area contributed by atoms with E-state index in [0.29, 0.717) is 29.6 Å². The first-order chi connectivity index (χ1) is 9.97. The third-order valence-corrected chi connectivity index (χ3v) is 3.08. The first kappa shape index (κ1) is 17.3. The number of carbonyl (C=O) groups is 2. The molecule has 0 saturated carbocycles. The van der Waals surface area contributed by atoms with E-state index in [2.05, 4.69) is 5.32 Å². The molecular weight excluding hydrogens is 296 g/mol. The van der Waals surface area contributed by atoms with Gasteiger partial charge in [-0.3, -0.25) is 9.59 Å². The Hall–Kier alpha value is -1.79. The van der Waals surface area contributed by atoms with Gasteiger partial charge in [-0.1, -0.05) is 11.6 Å². The lowest BCUT2D eigenvalue weighted by molar-refractivity contribution is -0.133. The monoisotopic (exact) mass is 314 g/mol. The van der Waals surface area contributed by atoms with Gasteiger partial charge >= 0.3 is 0 Å². The molecule has 0 radical (unpaired) electrons. The molecule has 0 fully saturated rings. The van der Waals surface area contributed by atoms with Crippen molar-refractivity contribution in [2.75, 3.05) is 39.2 Å². The summed E-state index contributed by atoms with van der Waals surface area (Å²) in [5.74, 6) is 0.0395. The molecule has 0 aliphatic heterocycles. The number of rotatable bonds is 7. The van der Waals surface area contributed by atoms with Gasteiger partial charge in [-0.15, -0.1) is 0 Å². The lowest BCUT2D eigenvalue weighted by Crippen LogP contribution is -2.38. The summed E-state index contributed by atoms with van der Waals surface area (Å²) in [5.41, 5.74) is 0.543. The molecule has 7 heteroatoms. The zero-order valence-electron chi connectivity index (χ0n) is 12.3. The summed E-state index contributed by atoms with van der Waals surface area (Å²) in [7, 11) is 3.05. The number of hydrogen-bond acceptors (Lipinski definition) is 4. The first-order valence-electron chi connectivity index (χ1n) is 6.35. The SMILES string of the molecule is COCCN(CC(=O)Nc1ccc(OC)c(Cl)c1)C(C)=O. The molecule has 0 bridgehead atoms. The van der Waals surface area contributed by atoms with Crippen LogP contribution in [0.4, 0.5) is 5.69 Å². The van der Waals surface area contributed by atoms with Gasteiger partial charge in [0.2, 0.25) is 11.8 Å². The van der Waals surface area contributed by atoms with Gasteiger partial charge in [0.15, 0.2) is 0 Å². The molecule has 116 valence electrons. The van der Waals surface area contributed by atoms with Crippen LogP contribution in [0.15, 0.2) is 18.2 Å². The van der Waals surface area contributed by atoms with Crippen LogP contribution in [0, 0.1) is 0 Å². The van der Waals surface area contributed by atoms with Crippen LogP contribution in [0.1, 0.15) is 6.92 Å². The van der Waals surface area contributed by atoms with Crippen LogP contribution in [0.2, 0.25) is 5.02 Å². The van der Waals surface area contributed by atoms with Crippen LogP contribution in [0.3, 0.4) is 0 Å². The Labute approximate surface area is 129 Å². The second-order valence-corrected chi connectivity index (χ2v) is 4.74. The van der Waals surface area contributed by atoms with Crippen LogP contribution >= 0.6 is 11.6 Å². The van der Waals surface area contributed by atoms with E-state index < -0.39 is 0 Å². The normalized spacial score (nSPS) is 10.1. The Balaban J connectivity index is 2.63. The highest BCUT2D eigenvalue weighted by Crippen LogP contribution is 2.27. The average Bonchev–Trinajstić information content (AvgIpc) is 2.43. The number of nitrogens with zero attached hydrogens (tertiary/aromatic N) is 1. The van der Waals surface area contributed by atoms with Crippen molar-refractivity contribution in [3.8, 4) is 5.75 Å². The van der Waals surface area contributed by atoms with Crippen molar-refractivity contribution in [1.29, 1.82) is 0 Å². The first-order valence-corrected chi connectivity index (χ1v) is 6.73. The molecule has 0 unspecified atom stereocenters. The van der Waals surface area contributed by atoms with E-state index in [0.717, 1.165) is 0 Å². The summed E-state index contributed by atoms with van der Waals surface area (Å²) in [6, 6.07) is 4.92. The summed E-state index contributed by atoms with van der Waals surface area (Å²) in [6.07, 6.45) is 0. The van der Waals surface area contributed by atoms with Crippen molar-refractivity contribution >= 4 is 29.1 Å². The number of amides is 2. The topological polar surface area (TPSA) is 67.9 Å². The van der Waals surface area contributed by atoms with E-state index in [9.17, 15) is 9.59 Å². The highest BCUT2D eigenvalue weighted by Gasteiger charge is 2.14. The highest BCUT2D eigenvalue weighted by atomic mass is 35.5. The Bertz CT molecular complexity index is 508. The summed E-state index contributed by atoms with van der Waals surface area (Å²) >= 11 is 5.98. The Morgan fingerprint density at radius 2 is 2.05 bits per heavy atom. The minimum Gasteiger partial charge on any atom is -0.495 e. The number of hydrogen-bond donors (Lipinski definition) is 1. The van der Waals surface area contributed by atoms with Gasteiger partial charge in [0.05, 0.1) is 25.3 Å². The van der Waals surface area contributed by atoms with E-state index in [1.165, 1.54) is 26.0 Å². The predicted octanol–water partition coefficient (Wildman–Crippen LogP) is 1.78. The molecule has 0 saturated heterocycles. The zero-order valence-corrected chi connectivity index (χ0v) is 13.1. The molecule has 0 spiro atoms. The molecule has 1 N–H and O–H groups in total. The maximum absolute atomic E-state index is 11.9. The van der Waals surface area contributed by atoms with E-state index in [4.69, 9.17) is 21.1 Å². The fourth-order valence-electron chi connectivity index (χ4n) is 1.67. The van der Waals surface area contributed by atoms with Crippen molar-refractivity contribution in [3.63, 3.8) is 0 Å². The largest absolute Gasteiger partial charge is 0.495 e. The Morgan fingerprint density at radius 1 is 1.33 bits per heavy atom. The molecular formula is C14H19ClN2O4. The van der Waals surface area contributed by atoms with Crippen molar-refractivity contribution in [2.45, 2.75) is 6.92 Å². The van der Waals surface area contributed by atoms with E-state index >= 15 is 0 Å². The summed E-state index contributed by atoms with van der Waals surface area (Å²) in [6.45, 7) is 2.11. The van der Waals surface area contributed by atoms with Crippen LogP contribution in [0.25, 0.3) is 0 Å². The second-order valence-electron chi connectivity index (χ2n) is 4.33. The van der Waals surface area contributed by atoms with Crippen molar-refractivity contribution in [3.05, 3.63) is 23.2 Å². The Morgan fingerprint density at radius 3 is 2.57 bits per heavy atom. The molecule has 0 aliphatic carbocycles. The molecule has 0 heterocycles. The molecule has 1 aromatic rings. The lowest BCUT2D eigenvalue weighted by atomic mass is 10.3. The van der Waals surface area contributed by atoms with E-state index in [1.807, 2.05) is 0 Å². The predicted molar refractivity (Wildman–Crippen MR) is 80.8 cm³/mol. The number of halogens is 1. The molecule has 0 atom stereocenters. The summed E-state index contributed by atoms with van der Waals surface area (Å²) in [4.78, 5) is 24.8. The molecule has 6 nitrogen and oxygen atoms in total. The van der Waals surface area contributed by atoms with Crippen molar-refractivity contribution in [2.24, 2.45) is 0 Å². The third kappa shape index (κ3) is 5.61. The fourth-order valence-corrected chi connectivity index (χ4v) is 1.93. The number of ether oxygens (including phenoxy) is 2. The maximum atomic E-state index is 11.9. The van der Waals surface area contributed by atoms with Crippen LogP contribution in [0.5, 0.6) is 5.75 Å². The molecule has 21 heavy (non-hydrogen) atoms. The molecule has 2 amide bonds. The number of nitrogens with one attached hydrogen (secondary N) is 1. The molecule has 1 rings (SSSR count). The van der Waals surface area contributed by atoms with Gasteiger partial charge in [-0.25, -0.2) is 0 Å². The van der Waals surface area contributed by atoms with Gasteiger partial charge in [-0.05, 0) is 18.2 Å².